The van der Waals surface area contributed by atoms with E-state index >= 15 is 0 Å². The normalized spacial score (nSPS) is 23.8. The van der Waals surface area contributed by atoms with Crippen LogP contribution < -0.4 is 5.32 Å². The largest absolute Gasteiger partial charge is 0.286 e. The zero-order valence-corrected chi connectivity index (χ0v) is 13.1. The summed E-state index contributed by atoms with van der Waals surface area (Å²) in [5, 5.41) is 4.09. The van der Waals surface area contributed by atoms with Gasteiger partial charge in [0.25, 0.3) is 0 Å². The lowest BCUT2D eigenvalue weighted by Crippen LogP contribution is -2.47. The van der Waals surface area contributed by atoms with Crippen LogP contribution >= 0.6 is 11.6 Å². The van der Waals surface area contributed by atoms with E-state index in [0.717, 1.165) is 6.42 Å². The molecule has 0 saturated carbocycles. The zero-order chi connectivity index (χ0) is 14.6. The van der Waals surface area contributed by atoms with Gasteiger partial charge in [-0.3, -0.25) is 10.3 Å². The van der Waals surface area contributed by atoms with Gasteiger partial charge in [-0.1, -0.05) is 55.8 Å². The molecule has 1 aromatic carbocycles. The van der Waals surface area contributed by atoms with Crippen LogP contribution in [0, 0.1) is 5.92 Å². The van der Waals surface area contributed by atoms with E-state index in [1.807, 2.05) is 13.0 Å². The number of rotatable bonds is 5. The number of aliphatic imine (C=N–C) groups is 2. The predicted octanol–water partition coefficient (Wildman–Crippen LogP) is 3.80. The summed E-state index contributed by atoms with van der Waals surface area (Å²) in [4.78, 5) is 8.80. The van der Waals surface area contributed by atoms with Crippen LogP contribution in [-0.4, -0.2) is 23.6 Å². The Kier molecular flexibility index (Phi) is 4.95. The van der Waals surface area contributed by atoms with Crippen LogP contribution in [0.1, 0.15) is 38.8 Å². The van der Waals surface area contributed by atoms with Crippen molar-refractivity contribution in [1.82, 2.24) is 5.32 Å². The fourth-order valence-electron chi connectivity index (χ4n) is 2.49. The maximum atomic E-state index is 6.00. The number of nitrogens with one attached hydrogen (secondary N) is 1. The van der Waals surface area contributed by atoms with E-state index in [0.29, 0.717) is 17.6 Å². The van der Waals surface area contributed by atoms with Crippen molar-refractivity contribution >= 4 is 23.0 Å². The molecular formula is C16H22ClN3. The highest BCUT2D eigenvalue weighted by Gasteiger charge is 2.29. The van der Waals surface area contributed by atoms with Gasteiger partial charge in [0.2, 0.25) is 0 Å². The standard InChI is InChI=1S/C16H22ClN3/c1-12(2)9-14(13-7-5-4-6-8-13)19-16(3)11-18-10-15(17)20-16/h4-8,10,12,14,19H,9,11H2,1-3H3. The van der Waals surface area contributed by atoms with Crippen LogP contribution in [0.25, 0.3) is 0 Å². The summed E-state index contributed by atoms with van der Waals surface area (Å²) in [5.41, 5.74) is 0.851. The second kappa shape index (κ2) is 6.51. The average Bonchev–Trinajstić information content (AvgIpc) is 2.38. The third-order valence-electron chi connectivity index (χ3n) is 3.34. The fourth-order valence-corrected chi connectivity index (χ4v) is 2.74. The van der Waals surface area contributed by atoms with Crippen molar-refractivity contribution in [1.29, 1.82) is 0 Å². The second-order valence-corrected chi connectivity index (χ2v) is 6.30. The minimum absolute atomic E-state index is 0.253. The topological polar surface area (TPSA) is 36.8 Å². The molecule has 4 heteroatoms. The Morgan fingerprint density at radius 2 is 2.00 bits per heavy atom. The van der Waals surface area contributed by atoms with Gasteiger partial charge in [0.15, 0.2) is 0 Å². The minimum Gasteiger partial charge on any atom is -0.286 e. The van der Waals surface area contributed by atoms with E-state index in [-0.39, 0.29) is 6.04 Å². The summed E-state index contributed by atoms with van der Waals surface area (Å²) < 4.78 is 0. The first-order valence-electron chi connectivity index (χ1n) is 7.06. The number of hydrogen-bond acceptors (Lipinski definition) is 3. The van der Waals surface area contributed by atoms with Gasteiger partial charge in [0.1, 0.15) is 10.8 Å². The maximum absolute atomic E-state index is 6.00. The molecule has 1 N–H and O–H groups in total. The van der Waals surface area contributed by atoms with Gasteiger partial charge in [0.05, 0.1) is 12.8 Å². The Morgan fingerprint density at radius 3 is 2.60 bits per heavy atom. The Balaban J connectivity index is 2.18. The maximum Gasteiger partial charge on any atom is 0.143 e. The van der Waals surface area contributed by atoms with Gasteiger partial charge in [0, 0.05) is 6.04 Å². The summed E-state index contributed by atoms with van der Waals surface area (Å²) >= 11 is 6.00. The lowest BCUT2D eigenvalue weighted by Gasteiger charge is -2.33. The third-order valence-corrected chi connectivity index (χ3v) is 3.53. The summed E-state index contributed by atoms with van der Waals surface area (Å²) in [7, 11) is 0. The highest BCUT2D eigenvalue weighted by molar-refractivity contribution is 6.80. The summed E-state index contributed by atoms with van der Waals surface area (Å²) in [5.74, 6) is 0.600. The van der Waals surface area contributed by atoms with Gasteiger partial charge in [-0.25, -0.2) is 4.99 Å². The van der Waals surface area contributed by atoms with E-state index in [4.69, 9.17) is 11.6 Å². The lowest BCUT2D eigenvalue weighted by molar-refractivity contribution is 0.301. The van der Waals surface area contributed by atoms with Crippen molar-refractivity contribution in [2.45, 2.75) is 38.9 Å². The lowest BCUT2D eigenvalue weighted by atomic mass is 9.95. The molecule has 2 unspecified atom stereocenters. The third kappa shape index (κ3) is 4.15. The van der Waals surface area contributed by atoms with Crippen molar-refractivity contribution in [3.05, 3.63) is 35.9 Å². The van der Waals surface area contributed by atoms with E-state index in [1.54, 1.807) is 6.21 Å². The molecule has 1 aromatic rings. The molecule has 20 heavy (non-hydrogen) atoms. The van der Waals surface area contributed by atoms with Crippen LogP contribution in [0.2, 0.25) is 0 Å². The molecule has 2 rings (SSSR count). The average molecular weight is 292 g/mol. The number of nitrogens with zero attached hydrogens (tertiary/aromatic N) is 2. The van der Waals surface area contributed by atoms with Crippen LogP contribution in [0.3, 0.4) is 0 Å². The van der Waals surface area contributed by atoms with Crippen LogP contribution in [0.15, 0.2) is 40.3 Å². The van der Waals surface area contributed by atoms with E-state index in [9.17, 15) is 0 Å². The number of hydrogen-bond donors (Lipinski definition) is 1. The second-order valence-electron chi connectivity index (χ2n) is 5.92. The summed E-state index contributed by atoms with van der Waals surface area (Å²) in [6.45, 7) is 7.12. The SMILES string of the molecule is CC(C)CC(NC1(C)CN=CC(Cl)=N1)c1ccccc1. The van der Waals surface area contributed by atoms with Crippen molar-refractivity contribution in [2.75, 3.05) is 6.54 Å². The number of halogens is 1. The molecule has 1 aliphatic heterocycles. The first kappa shape index (κ1) is 15.2. The fraction of sp³-hybridized carbons (Fsp3) is 0.500. The van der Waals surface area contributed by atoms with Crippen molar-refractivity contribution < 1.29 is 0 Å². The molecule has 0 saturated heterocycles. The van der Waals surface area contributed by atoms with Crippen molar-refractivity contribution in [2.24, 2.45) is 15.9 Å². The minimum atomic E-state index is -0.429. The van der Waals surface area contributed by atoms with E-state index < -0.39 is 5.66 Å². The Morgan fingerprint density at radius 1 is 1.30 bits per heavy atom. The molecule has 0 fully saturated rings. The van der Waals surface area contributed by atoms with E-state index in [1.165, 1.54) is 5.56 Å². The highest BCUT2D eigenvalue weighted by Crippen LogP contribution is 2.25. The van der Waals surface area contributed by atoms with Crippen LogP contribution in [0.5, 0.6) is 0 Å². The predicted molar refractivity (Wildman–Crippen MR) is 86.8 cm³/mol. The van der Waals surface area contributed by atoms with Crippen LogP contribution in [-0.2, 0) is 0 Å². The number of benzene rings is 1. The molecule has 1 aliphatic rings. The van der Waals surface area contributed by atoms with Gasteiger partial charge in [-0.15, -0.1) is 0 Å². The molecule has 2 atom stereocenters. The monoisotopic (exact) mass is 291 g/mol. The Bertz CT molecular complexity index is 496. The smallest absolute Gasteiger partial charge is 0.143 e. The molecule has 0 aliphatic carbocycles. The zero-order valence-electron chi connectivity index (χ0n) is 12.3. The Labute approximate surface area is 126 Å². The molecular weight excluding hydrogens is 270 g/mol. The first-order valence-corrected chi connectivity index (χ1v) is 7.44. The quantitative estimate of drug-likeness (QED) is 0.880. The van der Waals surface area contributed by atoms with E-state index in [2.05, 4.69) is 53.4 Å². The molecule has 1 heterocycles. The molecule has 3 nitrogen and oxygen atoms in total. The first-order chi connectivity index (χ1) is 9.48. The van der Waals surface area contributed by atoms with Gasteiger partial charge in [-0.2, -0.15) is 0 Å². The van der Waals surface area contributed by atoms with Gasteiger partial charge < -0.3 is 0 Å². The van der Waals surface area contributed by atoms with Crippen molar-refractivity contribution in [3.63, 3.8) is 0 Å². The van der Waals surface area contributed by atoms with Crippen LogP contribution in [0.4, 0.5) is 0 Å². The molecule has 0 aromatic heterocycles. The molecule has 0 spiro atoms. The summed E-state index contributed by atoms with van der Waals surface area (Å²) in [6, 6.07) is 10.7. The molecule has 0 radical (unpaired) electrons. The molecule has 0 amide bonds. The van der Waals surface area contributed by atoms with Gasteiger partial charge in [-0.05, 0) is 24.8 Å². The molecule has 0 bridgehead atoms. The summed E-state index contributed by atoms with van der Waals surface area (Å²) in [6.07, 6.45) is 2.67. The molecule has 108 valence electrons. The van der Waals surface area contributed by atoms with Crippen molar-refractivity contribution in [3.8, 4) is 0 Å². The highest BCUT2D eigenvalue weighted by atomic mass is 35.5. The Hall–Kier alpha value is -1.19. The van der Waals surface area contributed by atoms with Gasteiger partial charge >= 0.3 is 0 Å².